The van der Waals surface area contributed by atoms with Crippen molar-refractivity contribution in [3.05, 3.63) is 36.3 Å². The summed E-state index contributed by atoms with van der Waals surface area (Å²) in [6.07, 6.45) is 2.59. The average Bonchev–Trinajstić information content (AvgIpc) is 2.87. The fraction of sp³-hybridized carbons (Fsp3) is 0.267. The lowest BCUT2D eigenvalue weighted by atomic mass is 10.1. The molecule has 0 N–H and O–H groups in total. The van der Waals surface area contributed by atoms with Crippen LogP contribution in [0.3, 0.4) is 0 Å². The van der Waals surface area contributed by atoms with E-state index >= 15 is 0 Å². The molecule has 0 spiro atoms. The van der Waals surface area contributed by atoms with Gasteiger partial charge in [0.1, 0.15) is 11.3 Å². The van der Waals surface area contributed by atoms with E-state index in [4.69, 9.17) is 4.74 Å². The number of pyridine rings is 1. The number of benzene rings is 1. The van der Waals surface area contributed by atoms with E-state index in [1.807, 2.05) is 42.9 Å². The number of ether oxygens (including phenoxy) is 1. The van der Waals surface area contributed by atoms with Gasteiger partial charge >= 0.3 is 0 Å². The predicted octanol–water partition coefficient (Wildman–Crippen LogP) is 2.60. The van der Waals surface area contributed by atoms with Crippen molar-refractivity contribution in [2.75, 3.05) is 7.11 Å². The predicted molar refractivity (Wildman–Crippen MR) is 77.7 cm³/mol. The summed E-state index contributed by atoms with van der Waals surface area (Å²) in [4.78, 5) is 9.00. The third kappa shape index (κ3) is 1.91. The van der Waals surface area contributed by atoms with Gasteiger partial charge in [0.15, 0.2) is 11.6 Å². The fourth-order valence-corrected chi connectivity index (χ4v) is 2.33. The summed E-state index contributed by atoms with van der Waals surface area (Å²) in [6, 6.07) is 7.88. The van der Waals surface area contributed by atoms with E-state index in [9.17, 15) is 0 Å². The average molecular weight is 268 g/mol. The van der Waals surface area contributed by atoms with Gasteiger partial charge in [0.2, 0.25) is 0 Å². The molecular weight excluding hydrogens is 252 g/mol. The van der Waals surface area contributed by atoms with E-state index in [0.717, 1.165) is 40.3 Å². The Hall–Kier alpha value is -2.43. The molecular formula is C15H16N4O. The molecule has 102 valence electrons. The Morgan fingerprint density at radius 2 is 2.10 bits per heavy atom. The van der Waals surface area contributed by atoms with Crippen LogP contribution in [0, 0.1) is 0 Å². The first kappa shape index (κ1) is 12.6. The zero-order valence-corrected chi connectivity index (χ0v) is 11.8. The van der Waals surface area contributed by atoms with E-state index in [0.29, 0.717) is 0 Å². The van der Waals surface area contributed by atoms with Crippen LogP contribution in [-0.4, -0.2) is 26.9 Å². The first-order valence-corrected chi connectivity index (χ1v) is 6.56. The number of methoxy groups -OCH3 is 1. The van der Waals surface area contributed by atoms with Crippen LogP contribution < -0.4 is 4.74 Å². The molecule has 0 radical (unpaired) electrons. The van der Waals surface area contributed by atoms with Crippen LogP contribution in [0.2, 0.25) is 0 Å². The number of aromatic nitrogens is 4. The Bertz CT molecular complexity index is 764. The molecule has 0 bridgehead atoms. The molecule has 0 aliphatic carbocycles. The van der Waals surface area contributed by atoms with Crippen molar-refractivity contribution in [3.8, 4) is 17.1 Å². The second kappa shape index (κ2) is 4.92. The van der Waals surface area contributed by atoms with Gasteiger partial charge in [0, 0.05) is 30.6 Å². The zero-order chi connectivity index (χ0) is 14.1. The van der Waals surface area contributed by atoms with Gasteiger partial charge in [-0.2, -0.15) is 5.10 Å². The summed E-state index contributed by atoms with van der Waals surface area (Å²) in [5.41, 5.74) is 1.86. The molecule has 0 aliphatic rings. The SMILES string of the molecule is CCc1nc(-c2ccc(OC)c3ncccc23)n(C)n1. The van der Waals surface area contributed by atoms with E-state index in [1.165, 1.54) is 0 Å². The van der Waals surface area contributed by atoms with Gasteiger partial charge in [0.25, 0.3) is 0 Å². The van der Waals surface area contributed by atoms with E-state index in [2.05, 4.69) is 15.1 Å². The van der Waals surface area contributed by atoms with Crippen LogP contribution in [0.15, 0.2) is 30.5 Å². The number of aryl methyl sites for hydroxylation is 2. The van der Waals surface area contributed by atoms with Gasteiger partial charge in [-0.15, -0.1) is 0 Å². The summed E-state index contributed by atoms with van der Waals surface area (Å²) in [5, 5.41) is 5.43. The molecule has 3 rings (SSSR count). The van der Waals surface area contributed by atoms with Gasteiger partial charge < -0.3 is 4.74 Å². The van der Waals surface area contributed by atoms with Crippen LogP contribution in [0.4, 0.5) is 0 Å². The van der Waals surface area contributed by atoms with Crippen molar-refractivity contribution in [2.45, 2.75) is 13.3 Å². The first-order valence-electron chi connectivity index (χ1n) is 6.56. The third-order valence-corrected chi connectivity index (χ3v) is 3.32. The maximum atomic E-state index is 5.37. The standard InChI is InChI=1S/C15H16N4O/c1-4-13-17-15(19(2)18-13)11-7-8-12(20-3)14-10(11)6-5-9-16-14/h5-9H,4H2,1-3H3. The molecule has 20 heavy (non-hydrogen) atoms. The van der Waals surface area contributed by atoms with Gasteiger partial charge in [0.05, 0.1) is 7.11 Å². The van der Waals surface area contributed by atoms with Crippen LogP contribution in [0.5, 0.6) is 5.75 Å². The zero-order valence-electron chi connectivity index (χ0n) is 11.8. The Morgan fingerprint density at radius 3 is 2.80 bits per heavy atom. The van der Waals surface area contributed by atoms with Gasteiger partial charge in [-0.25, -0.2) is 9.67 Å². The lowest BCUT2D eigenvalue weighted by molar-refractivity contribution is 0.419. The molecule has 5 heteroatoms. The van der Waals surface area contributed by atoms with Crippen molar-refractivity contribution in [1.29, 1.82) is 0 Å². The highest BCUT2D eigenvalue weighted by Gasteiger charge is 2.14. The lowest BCUT2D eigenvalue weighted by Crippen LogP contribution is -1.96. The molecule has 5 nitrogen and oxygen atoms in total. The van der Waals surface area contributed by atoms with Crippen molar-refractivity contribution >= 4 is 10.9 Å². The topological polar surface area (TPSA) is 52.8 Å². The second-order valence-electron chi connectivity index (χ2n) is 4.54. The van der Waals surface area contributed by atoms with Crippen LogP contribution in [0.1, 0.15) is 12.7 Å². The van der Waals surface area contributed by atoms with E-state index in [1.54, 1.807) is 13.3 Å². The Balaban J connectivity index is 2.29. The summed E-state index contributed by atoms with van der Waals surface area (Å²) in [6.45, 7) is 2.05. The Labute approximate surface area is 117 Å². The molecule has 0 saturated carbocycles. The summed E-state index contributed by atoms with van der Waals surface area (Å²) >= 11 is 0. The maximum absolute atomic E-state index is 5.37. The quantitative estimate of drug-likeness (QED) is 0.732. The van der Waals surface area contributed by atoms with Crippen molar-refractivity contribution in [1.82, 2.24) is 19.7 Å². The monoisotopic (exact) mass is 268 g/mol. The highest BCUT2D eigenvalue weighted by atomic mass is 16.5. The molecule has 0 aliphatic heterocycles. The van der Waals surface area contributed by atoms with Gasteiger partial charge in [-0.3, -0.25) is 4.98 Å². The highest BCUT2D eigenvalue weighted by Crippen LogP contribution is 2.31. The molecule has 0 saturated heterocycles. The van der Waals surface area contributed by atoms with Crippen LogP contribution in [-0.2, 0) is 13.5 Å². The normalized spacial score (nSPS) is 10.9. The minimum absolute atomic E-state index is 0.766. The van der Waals surface area contributed by atoms with Crippen molar-refractivity contribution in [2.24, 2.45) is 7.05 Å². The lowest BCUT2D eigenvalue weighted by Gasteiger charge is -2.08. The fourth-order valence-electron chi connectivity index (χ4n) is 2.33. The number of nitrogens with zero attached hydrogens (tertiary/aromatic N) is 4. The number of rotatable bonds is 3. The van der Waals surface area contributed by atoms with Crippen molar-refractivity contribution in [3.63, 3.8) is 0 Å². The Kier molecular flexibility index (Phi) is 3.10. The molecule has 0 atom stereocenters. The molecule has 3 aromatic rings. The summed E-state index contributed by atoms with van der Waals surface area (Å²) < 4.78 is 7.18. The summed E-state index contributed by atoms with van der Waals surface area (Å²) in [7, 11) is 3.56. The molecule has 0 amide bonds. The minimum atomic E-state index is 0.766. The van der Waals surface area contributed by atoms with Gasteiger partial charge in [-0.1, -0.05) is 13.0 Å². The first-order chi connectivity index (χ1) is 9.74. The molecule has 2 aromatic heterocycles. The molecule has 0 fully saturated rings. The number of hydrogen-bond acceptors (Lipinski definition) is 4. The van der Waals surface area contributed by atoms with E-state index in [-0.39, 0.29) is 0 Å². The third-order valence-electron chi connectivity index (χ3n) is 3.32. The molecule has 2 heterocycles. The molecule has 1 aromatic carbocycles. The van der Waals surface area contributed by atoms with E-state index < -0.39 is 0 Å². The summed E-state index contributed by atoms with van der Waals surface area (Å²) in [5.74, 6) is 2.46. The largest absolute Gasteiger partial charge is 0.494 e. The Morgan fingerprint density at radius 1 is 1.25 bits per heavy atom. The maximum Gasteiger partial charge on any atom is 0.158 e. The highest BCUT2D eigenvalue weighted by molar-refractivity contribution is 5.96. The smallest absolute Gasteiger partial charge is 0.158 e. The molecule has 0 unspecified atom stereocenters. The van der Waals surface area contributed by atoms with Crippen LogP contribution in [0.25, 0.3) is 22.3 Å². The number of fused-ring (bicyclic) bond motifs is 1. The van der Waals surface area contributed by atoms with Gasteiger partial charge in [-0.05, 0) is 18.2 Å². The van der Waals surface area contributed by atoms with Crippen LogP contribution >= 0.6 is 0 Å². The second-order valence-corrected chi connectivity index (χ2v) is 4.54. The number of hydrogen-bond donors (Lipinski definition) is 0. The van der Waals surface area contributed by atoms with Crippen molar-refractivity contribution < 1.29 is 4.74 Å². The minimum Gasteiger partial charge on any atom is -0.494 e.